The van der Waals surface area contributed by atoms with Gasteiger partial charge in [0.15, 0.2) is 12.1 Å². The molecule has 3 heterocycles. The number of nitrogens with one attached hydrogen (secondary N) is 1. The predicted octanol–water partition coefficient (Wildman–Crippen LogP) is 0.763. The third-order valence-corrected chi connectivity index (χ3v) is 4.31. The Bertz CT molecular complexity index is 489. The number of rotatable bonds is 2. The van der Waals surface area contributed by atoms with Crippen LogP contribution in [-0.4, -0.2) is 66.4 Å². The second-order valence-electron chi connectivity index (χ2n) is 7.98. The Morgan fingerprint density at radius 2 is 1.96 bits per heavy atom. The standard InChI is InChI=1S/C16H27NO7/c1-15(2,3)24-14(19)17-9-8(6-18)7-20-11-10(9)21-13-12(11)22-16(4,5)23-13/h8-13,18H,6-7H2,1-5H3,(H,17,19)/t8-,9-,10-,11+,12-,13-/m1/s1. The first-order chi connectivity index (χ1) is 11.1. The molecule has 2 N–H and O–H groups in total. The van der Waals surface area contributed by atoms with Crippen molar-refractivity contribution < 1.29 is 33.6 Å². The summed E-state index contributed by atoms with van der Waals surface area (Å²) in [6, 6.07) is -0.440. The largest absolute Gasteiger partial charge is 0.444 e. The fourth-order valence-electron chi connectivity index (χ4n) is 3.40. The zero-order valence-corrected chi connectivity index (χ0v) is 14.8. The zero-order chi connectivity index (χ0) is 17.7. The maximum atomic E-state index is 12.2. The maximum Gasteiger partial charge on any atom is 0.407 e. The molecule has 0 aromatic rings. The van der Waals surface area contributed by atoms with Crippen molar-refractivity contribution in [2.45, 2.75) is 76.7 Å². The van der Waals surface area contributed by atoms with E-state index in [0.717, 1.165) is 0 Å². The summed E-state index contributed by atoms with van der Waals surface area (Å²) in [6.45, 7) is 9.19. The molecule has 3 fully saturated rings. The molecule has 1 amide bonds. The normalized spacial score (nSPS) is 40.8. The lowest BCUT2D eigenvalue weighted by Crippen LogP contribution is -2.60. The lowest BCUT2D eigenvalue weighted by Gasteiger charge is -2.40. The van der Waals surface area contributed by atoms with Gasteiger partial charge in [-0.15, -0.1) is 0 Å². The van der Waals surface area contributed by atoms with Gasteiger partial charge in [0.05, 0.1) is 19.3 Å². The van der Waals surface area contributed by atoms with Crippen molar-refractivity contribution in [1.29, 1.82) is 0 Å². The van der Waals surface area contributed by atoms with Gasteiger partial charge in [-0.2, -0.15) is 0 Å². The fourth-order valence-corrected chi connectivity index (χ4v) is 3.40. The first kappa shape index (κ1) is 17.9. The van der Waals surface area contributed by atoms with Crippen LogP contribution in [-0.2, 0) is 23.7 Å². The Morgan fingerprint density at radius 1 is 1.25 bits per heavy atom. The molecule has 8 nitrogen and oxygen atoms in total. The van der Waals surface area contributed by atoms with Gasteiger partial charge in [0, 0.05) is 5.92 Å². The Morgan fingerprint density at radius 3 is 2.58 bits per heavy atom. The van der Waals surface area contributed by atoms with Gasteiger partial charge in [-0.05, 0) is 34.6 Å². The van der Waals surface area contributed by atoms with Gasteiger partial charge in [-0.3, -0.25) is 0 Å². The monoisotopic (exact) mass is 345 g/mol. The Hall–Kier alpha value is -0.930. The second kappa shape index (κ2) is 6.10. The van der Waals surface area contributed by atoms with Crippen LogP contribution in [0.2, 0.25) is 0 Å². The predicted molar refractivity (Wildman–Crippen MR) is 82.2 cm³/mol. The molecule has 3 rings (SSSR count). The average Bonchev–Trinajstić information content (AvgIpc) is 2.89. The number of fused-ring (bicyclic) bond motifs is 3. The molecular formula is C16H27NO7. The lowest BCUT2D eigenvalue weighted by atomic mass is 9.89. The first-order valence-electron chi connectivity index (χ1n) is 8.33. The van der Waals surface area contributed by atoms with E-state index in [1.807, 2.05) is 13.8 Å². The maximum absolute atomic E-state index is 12.2. The average molecular weight is 345 g/mol. The quantitative estimate of drug-likeness (QED) is 0.763. The number of alkyl carbamates (subject to hydrolysis) is 1. The number of ether oxygens (including phenoxy) is 5. The summed E-state index contributed by atoms with van der Waals surface area (Å²) in [5.41, 5.74) is -0.605. The highest BCUT2D eigenvalue weighted by Gasteiger charge is 2.60. The van der Waals surface area contributed by atoms with Crippen LogP contribution in [0.4, 0.5) is 4.79 Å². The van der Waals surface area contributed by atoms with E-state index in [4.69, 9.17) is 23.7 Å². The number of hydrogen-bond donors (Lipinski definition) is 2. The van der Waals surface area contributed by atoms with Crippen LogP contribution in [0.3, 0.4) is 0 Å². The molecular weight excluding hydrogens is 318 g/mol. The van der Waals surface area contributed by atoms with Crippen LogP contribution in [0, 0.1) is 5.92 Å². The van der Waals surface area contributed by atoms with Crippen molar-refractivity contribution in [3.8, 4) is 0 Å². The van der Waals surface area contributed by atoms with Gasteiger partial charge in [-0.1, -0.05) is 0 Å². The van der Waals surface area contributed by atoms with Gasteiger partial charge in [-0.25, -0.2) is 4.79 Å². The Balaban J connectivity index is 1.71. The summed E-state index contributed by atoms with van der Waals surface area (Å²) in [4.78, 5) is 12.2. The van der Waals surface area contributed by atoms with Gasteiger partial charge in [0.1, 0.15) is 23.9 Å². The van der Waals surface area contributed by atoms with Crippen LogP contribution >= 0.6 is 0 Å². The van der Waals surface area contributed by atoms with E-state index >= 15 is 0 Å². The highest BCUT2D eigenvalue weighted by atomic mass is 16.8. The number of aliphatic hydroxyl groups excluding tert-OH is 1. The smallest absolute Gasteiger partial charge is 0.407 e. The third-order valence-electron chi connectivity index (χ3n) is 4.31. The summed E-state index contributed by atoms with van der Waals surface area (Å²) in [7, 11) is 0. The minimum Gasteiger partial charge on any atom is -0.444 e. The van der Waals surface area contributed by atoms with Gasteiger partial charge in [0.25, 0.3) is 0 Å². The Labute approximate surface area is 141 Å². The summed E-state index contributed by atoms with van der Waals surface area (Å²) in [6.07, 6.45) is -2.27. The number of hydrogen-bond acceptors (Lipinski definition) is 7. The van der Waals surface area contributed by atoms with Crippen LogP contribution in [0.25, 0.3) is 0 Å². The molecule has 0 spiro atoms. The molecule has 3 saturated heterocycles. The number of carbonyl (C=O) groups is 1. The molecule has 0 unspecified atom stereocenters. The molecule has 0 aliphatic carbocycles. The van der Waals surface area contributed by atoms with Gasteiger partial charge < -0.3 is 34.1 Å². The Kier molecular flexibility index (Phi) is 4.55. The molecule has 0 aromatic heterocycles. The summed E-state index contributed by atoms with van der Waals surface area (Å²) < 4.78 is 28.7. The van der Waals surface area contributed by atoms with E-state index in [1.165, 1.54) is 0 Å². The summed E-state index contributed by atoms with van der Waals surface area (Å²) >= 11 is 0. The number of carbonyl (C=O) groups excluding carboxylic acids is 1. The van der Waals surface area contributed by atoms with Gasteiger partial charge in [0.2, 0.25) is 0 Å². The van der Waals surface area contributed by atoms with Crippen LogP contribution in [0.15, 0.2) is 0 Å². The van der Waals surface area contributed by atoms with Crippen LogP contribution in [0.1, 0.15) is 34.6 Å². The molecule has 24 heavy (non-hydrogen) atoms. The van der Waals surface area contributed by atoms with Crippen molar-refractivity contribution in [3.05, 3.63) is 0 Å². The van der Waals surface area contributed by atoms with E-state index < -0.39 is 35.9 Å². The lowest BCUT2D eigenvalue weighted by molar-refractivity contribution is -0.234. The van der Waals surface area contributed by atoms with Crippen LogP contribution in [0.5, 0.6) is 0 Å². The van der Waals surface area contributed by atoms with Gasteiger partial charge >= 0.3 is 6.09 Å². The minimum atomic E-state index is -0.731. The number of aliphatic hydroxyl groups is 1. The zero-order valence-electron chi connectivity index (χ0n) is 14.8. The first-order valence-corrected chi connectivity index (χ1v) is 8.33. The third kappa shape index (κ3) is 3.52. The summed E-state index contributed by atoms with van der Waals surface area (Å²) in [5, 5.41) is 12.4. The molecule has 3 aliphatic heterocycles. The van der Waals surface area contributed by atoms with E-state index in [9.17, 15) is 9.90 Å². The summed E-state index contributed by atoms with van der Waals surface area (Å²) in [5.74, 6) is -1.02. The van der Waals surface area contributed by atoms with Crippen LogP contribution < -0.4 is 5.32 Å². The van der Waals surface area contributed by atoms with Crippen molar-refractivity contribution in [2.24, 2.45) is 5.92 Å². The van der Waals surface area contributed by atoms with Crippen molar-refractivity contribution in [1.82, 2.24) is 5.32 Å². The molecule has 0 aromatic carbocycles. The molecule has 138 valence electrons. The highest BCUT2D eigenvalue weighted by Crippen LogP contribution is 2.42. The van der Waals surface area contributed by atoms with Crippen molar-refractivity contribution >= 4 is 6.09 Å². The van der Waals surface area contributed by atoms with E-state index in [-0.39, 0.29) is 24.7 Å². The van der Waals surface area contributed by atoms with E-state index in [0.29, 0.717) is 6.61 Å². The van der Waals surface area contributed by atoms with Crippen molar-refractivity contribution in [3.63, 3.8) is 0 Å². The van der Waals surface area contributed by atoms with Crippen molar-refractivity contribution in [2.75, 3.05) is 13.2 Å². The SMILES string of the molecule is CC(C)(C)OC(=O)N[C@@H]1[C@H](CO)CO[C@H]2[C@@H]1O[C@@H]1OC(C)(C)O[C@@H]12. The molecule has 0 radical (unpaired) electrons. The molecule has 0 saturated carbocycles. The van der Waals surface area contributed by atoms with E-state index in [1.54, 1.807) is 20.8 Å². The molecule has 6 atom stereocenters. The molecule has 3 aliphatic rings. The molecule has 0 bridgehead atoms. The topological polar surface area (TPSA) is 95.5 Å². The molecule has 8 heteroatoms. The second-order valence-corrected chi connectivity index (χ2v) is 7.98. The number of amides is 1. The minimum absolute atomic E-state index is 0.129. The van der Waals surface area contributed by atoms with E-state index in [2.05, 4.69) is 5.32 Å². The fraction of sp³-hybridized carbons (Fsp3) is 0.938. The highest BCUT2D eigenvalue weighted by molar-refractivity contribution is 5.68.